The number of nitrogens with two attached hydrogens (primary N) is 1. The summed E-state index contributed by atoms with van der Waals surface area (Å²) in [5.74, 6) is -0.396. The smallest absolute Gasteiger partial charge is 0.127 e. The first-order chi connectivity index (χ1) is 6.25. The molecule has 0 atom stereocenters. The summed E-state index contributed by atoms with van der Waals surface area (Å²) < 4.78 is 12.9. The molecule has 4 nitrogen and oxygen atoms in total. The van der Waals surface area contributed by atoms with Gasteiger partial charge in [-0.3, -0.25) is 0 Å². The van der Waals surface area contributed by atoms with E-state index in [1.165, 1.54) is 29.3 Å². The van der Waals surface area contributed by atoms with Gasteiger partial charge in [-0.1, -0.05) is 0 Å². The molecule has 0 aliphatic heterocycles. The topological polar surface area (TPSA) is 56.7 Å². The zero-order valence-corrected chi connectivity index (χ0v) is 6.68. The lowest BCUT2D eigenvalue weighted by Gasteiger charge is -2.00. The number of nitrogens with zero attached hydrogens (tertiary/aromatic N) is 3. The van der Waals surface area contributed by atoms with E-state index in [0.717, 1.165) is 0 Å². The molecule has 0 amide bonds. The third kappa shape index (κ3) is 1.48. The summed E-state index contributed by atoms with van der Waals surface area (Å²) in [5.41, 5.74) is 6.33. The van der Waals surface area contributed by atoms with E-state index in [2.05, 4.69) is 10.2 Å². The predicted octanol–water partition coefficient (Wildman–Crippen LogP) is 0.989. The van der Waals surface area contributed by atoms with Crippen molar-refractivity contribution in [3.63, 3.8) is 0 Å². The molecule has 5 heteroatoms. The minimum atomic E-state index is -0.396. The van der Waals surface area contributed by atoms with Crippen LogP contribution in [0, 0.1) is 5.82 Å². The maximum atomic E-state index is 12.9. The zero-order chi connectivity index (χ0) is 9.26. The van der Waals surface area contributed by atoms with Gasteiger partial charge >= 0.3 is 0 Å². The highest BCUT2D eigenvalue weighted by molar-refractivity contribution is 5.47. The monoisotopic (exact) mass is 178 g/mol. The van der Waals surface area contributed by atoms with E-state index in [9.17, 15) is 4.39 Å². The summed E-state index contributed by atoms with van der Waals surface area (Å²) in [4.78, 5) is 1.30. The van der Waals surface area contributed by atoms with E-state index < -0.39 is 5.82 Å². The van der Waals surface area contributed by atoms with Crippen LogP contribution in [0.5, 0.6) is 0 Å². The fourth-order valence-corrected chi connectivity index (χ4v) is 1.06. The van der Waals surface area contributed by atoms with Gasteiger partial charge in [0.25, 0.3) is 0 Å². The van der Waals surface area contributed by atoms with Gasteiger partial charge in [0.05, 0.1) is 18.1 Å². The molecule has 13 heavy (non-hydrogen) atoms. The second-order valence-corrected chi connectivity index (χ2v) is 2.56. The molecule has 1 aromatic carbocycles. The van der Waals surface area contributed by atoms with Crippen LogP contribution >= 0.6 is 0 Å². The molecule has 0 bridgehead atoms. The zero-order valence-electron chi connectivity index (χ0n) is 6.68. The molecule has 0 radical (unpaired) electrons. The van der Waals surface area contributed by atoms with Gasteiger partial charge < -0.3 is 5.73 Å². The maximum absolute atomic E-state index is 12.9. The van der Waals surface area contributed by atoms with Gasteiger partial charge in [-0.2, -0.15) is 15.0 Å². The van der Waals surface area contributed by atoms with E-state index in [4.69, 9.17) is 5.73 Å². The highest BCUT2D eigenvalue weighted by atomic mass is 19.1. The number of nitrogen functional groups attached to an aromatic ring is 1. The van der Waals surface area contributed by atoms with Crippen molar-refractivity contribution in [1.29, 1.82) is 0 Å². The van der Waals surface area contributed by atoms with Crippen LogP contribution in [0.4, 0.5) is 10.1 Å². The van der Waals surface area contributed by atoms with Gasteiger partial charge in [-0.05, 0) is 12.1 Å². The second kappa shape index (κ2) is 2.85. The Morgan fingerprint density at radius 1 is 1.15 bits per heavy atom. The molecule has 0 saturated heterocycles. The van der Waals surface area contributed by atoms with Crippen LogP contribution < -0.4 is 5.73 Å². The Morgan fingerprint density at radius 2 is 1.85 bits per heavy atom. The molecule has 2 N–H and O–H groups in total. The molecule has 2 aromatic rings. The fraction of sp³-hybridized carbons (Fsp3) is 0. The van der Waals surface area contributed by atoms with Gasteiger partial charge in [0.2, 0.25) is 0 Å². The van der Waals surface area contributed by atoms with Crippen molar-refractivity contribution >= 4 is 5.69 Å². The van der Waals surface area contributed by atoms with Crippen LogP contribution in [0.25, 0.3) is 5.69 Å². The molecule has 0 aliphatic carbocycles. The van der Waals surface area contributed by atoms with Crippen molar-refractivity contribution in [1.82, 2.24) is 15.0 Å². The normalized spacial score (nSPS) is 10.2. The number of hydrogen-bond donors (Lipinski definition) is 1. The van der Waals surface area contributed by atoms with E-state index >= 15 is 0 Å². The Bertz CT molecular complexity index is 390. The lowest BCUT2D eigenvalue weighted by Crippen LogP contribution is -2.00. The fourth-order valence-electron chi connectivity index (χ4n) is 1.06. The first-order valence-electron chi connectivity index (χ1n) is 3.68. The third-order valence-electron chi connectivity index (χ3n) is 1.55. The molecule has 0 saturated carbocycles. The summed E-state index contributed by atoms with van der Waals surface area (Å²) in [6, 6.07) is 4.16. The van der Waals surface area contributed by atoms with Crippen molar-refractivity contribution in [2.75, 3.05) is 5.73 Å². The molecule has 1 aromatic heterocycles. The van der Waals surface area contributed by atoms with Gasteiger partial charge in [0.15, 0.2) is 0 Å². The van der Waals surface area contributed by atoms with Crippen LogP contribution in [-0.2, 0) is 0 Å². The Kier molecular flexibility index (Phi) is 1.70. The molecule has 66 valence electrons. The quantitative estimate of drug-likeness (QED) is 0.662. The van der Waals surface area contributed by atoms with E-state index in [0.29, 0.717) is 11.4 Å². The van der Waals surface area contributed by atoms with Gasteiger partial charge in [0.1, 0.15) is 5.82 Å². The lowest BCUT2D eigenvalue weighted by atomic mass is 10.3. The van der Waals surface area contributed by atoms with Crippen LogP contribution in [0.2, 0.25) is 0 Å². The number of halogens is 1. The van der Waals surface area contributed by atoms with Gasteiger partial charge in [-0.15, -0.1) is 0 Å². The van der Waals surface area contributed by atoms with Crippen LogP contribution in [0.3, 0.4) is 0 Å². The Morgan fingerprint density at radius 3 is 2.46 bits per heavy atom. The Hall–Kier alpha value is -1.91. The number of hydrogen-bond acceptors (Lipinski definition) is 3. The SMILES string of the molecule is Nc1cc(F)cc(-n2nccn2)c1. The molecule has 0 unspecified atom stereocenters. The Labute approximate surface area is 73.8 Å². The van der Waals surface area contributed by atoms with Crippen molar-refractivity contribution in [2.24, 2.45) is 0 Å². The van der Waals surface area contributed by atoms with Crippen molar-refractivity contribution in [3.05, 3.63) is 36.4 Å². The molecule has 1 heterocycles. The summed E-state index contributed by atoms with van der Waals surface area (Å²) >= 11 is 0. The number of anilines is 1. The minimum absolute atomic E-state index is 0.354. The summed E-state index contributed by atoms with van der Waals surface area (Å²) in [6.07, 6.45) is 3.03. The van der Waals surface area contributed by atoms with E-state index in [1.54, 1.807) is 6.07 Å². The summed E-state index contributed by atoms with van der Waals surface area (Å²) in [7, 11) is 0. The van der Waals surface area contributed by atoms with E-state index in [1.807, 2.05) is 0 Å². The molecule has 0 aliphatic rings. The molecule has 0 fully saturated rings. The maximum Gasteiger partial charge on any atom is 0.127 e. The van der Waals surface area contributed by atoms with Crippen molar-refractivity contribution in [3.8, 4) is 5.69 Å². The molecular weight excluding hydrogens is 171 g/mol. The molecule has 0 spiro atoms. The van der Waals surface area contributed by atoms with Crippen LogP contribution in [0.15, 0.2) is 30.6 Å². The van der Waals surface area contributed by atoms with E-state index in [-0.39, 0.29) is 0 Å². The average molecular weight is 178 g/mol. The summed E-state index contributed by atoms with van der Waals surface area (Å²) in [5, 5.41) is 7.70. The standard InChI is InChI=1S/C8H7FN4/c9-6-3-7(10)5-8(4-6)13-11-1-2-12-13/h1-5H,10H2. The van der Waals surface area contributed by atoms with Crippen LogP contribution in [-0.4, -0.2) is 15.0 Å². The number of rotatable bonds is 1. The number of benzene rings is 1. The first-order valence-corrected chi connectivity index (χ1v) is 3.68. The molecular formula is C8H7FN4. The molecule has 2 rings (SSSR count). The van der Waals surface area contributed by atoms with Gasteiger partial charge in [0, 0.05) is 11.8 Å². The highest BCUT2D eigenvalue weighted by Gasteiger charge is 2.00. The first kappa shape index (κ1) is 7.72. The van der Waals surface area contributed by atoms with Crippen molar-refractivity contribution in [2.45, 2.75) is 0 Å². The predicted molar refractivity (Wildman–Crippen MR) is 45.7 cm³/mol. The third-order valence-corrected chi connectivity index (χ3v) is 1.55. The number of aromatic nitrogens is 3. The van der Waals surface area contributed by atoms with Crippen molar-refractivity contribution < 1.29 is 4.39 Å². The minimum Gasteiger partial charge on any atom is -0.399 e. The highest BCUT2D eigenvalue weighted by Crippen LogP contribution is 2.12. The second-order valence-electron chi connectivity index (χ2n) is 2.56. The van der Waals surface area contributed by atoms with Gasteiger partial charge in [-0.25, -0.2) is 4.39 Å². The average Bonchev–Trinajstić information content (AvgIpc) is 2.53. The summed E-state index contributed by atoms with van der Waals surface area (Å²) in [6.45, 7) is 0. The van der Waals surface area contributed by atoms with Crippen LogP contribution in [0.1, 0.15) is 0 Å². The largest absolute Gasteiger partial charge is 0.399 e. The Balaban J connectivity index is 2.53. The lowest BCUT2D eigenvalue weighted by molar-refractivity contribution is 0.623.